The summed E-state index contributed by atoms with van der Waals surface area (Å²) in [4.78, 5) is 28.1. The first-order valence-corrected chi connectivity index (χ1v) is 10.0. The summed E-state index contributed by atoms with van der Waals surface area (Å²) < 4.78 is 14.3. The second-order valence-electron chi connectivity index (χ2n) is 7.55. The van der Waals surface area contributed by atoms with Crippen LogP contribution in [0.2, 0.25) is 0 Å². The Balaban J connectivity index is 1.71. The summed E-state index contributed by atoms with van der Waals surface area (Å²) >= 11 is 0. The van der Waals surface area contributed by atoms with E-state index in [2.05, 4.69) is 5.32 Å². The van der Waals surface area contributed by atoms with Crippen molar-refractivity contribution < 1.29 is 14.0 Å². The summed E-state index contributed by atoms with van der Waals surface area (Å²) in [5.74, 6) is -1.02. The standard InChI is InChI=1S/C26H19FN2O2/c27-19-13-14-23-22(15-19)25(18-8-2-1-3-9-18)29(16-24(30)28-23)26(31)21-12-6-10-17-7-4-5-11-20(17)21/h1-15,25H,16H2,(H,28,30). The minimum absolute atomic E-state index is 0.141. The molecule has 0 saturated carbocycles. The summed E-state index contributed by atoms with van der Waals surface area (Å²) in [5, 5.41) is 4.57. The Morgan fingerprint density at radius 3 is 2.48 bits per heavy atom. The van der Waals surface area contributed by atoms with E-state index in [-0.39, 0.29) is 18.4 Å². The highest BCUT2D eigenvalue weighted by atomic mass is 19.1. The zero-order valence-corrected chi connectivity index (χ0v) is 16.6. The van der Waals surface area contributed by atoms with Crippen LogP contribution < -0.4 is 5.32 Å². The van der Waals surface area contributed by atoms with E-state index < -0.39 is 11.9 Å². The van der Waals surface area contributed by atoms with Gasteiger partial charge >= 0.3 is 0 Å². The molecule has 1 N–H and O–H groups in total. The maximum Gasteiger partial charge on any atom is 0.255 e. The number of rotatable bonds is 2. The van der Waals surface area contributed by atoms with Gasteiger partial charge < -0.3 is 10.2 Å². The third kappa shape index (κ3) is 3.44. The number of fused-ring (bicyclic) bond motifs is 2. The molecule has 0 bridgehead atoms. The van der Waals surface area contributed by atoms with Crippen molar-refractivity contribution in [2.24, 2.45) is 0 Å². The van der Waals surface area contributed by atoms with E-state index in [9.17, 15) is 14.0 Å². The molecule has 5 heteroatoms. The van der Waals surface area contributed by atoms with E-state index in [0.717, 1.165) is 16.3 Å². The van der Waals surface area contributed by atoms with Crippen molar-refractivity contribution in [3.05, 3.63) is 114 Å². The Hall–Kier alpha value is -3.99. The zero-order valence-electron chi connectivity index (χ0n) is 16.6. The first-order valence-electron chi connectivity index (χ1n) is 10.0. The average Bonchev–Trinajstić information content (AvgIpc) is 2.94. The van der Waals surface area contributed by atoms with E-state index >= 15 is 0 Å². The smallest absolute Gasteiger partial charge is 0.255 e. The van der Waals surface area contributed by atoms with Crippen LogP contribution in [-0.2, 0) is 4.79 Å². The number of nitrogens with one attached hydrogen (secondary N) is 1. The third-order valence-electron chi connectivity index (χ3n) is 5.60. The van der Waals surface area contributed by atoms with E-state index in [4.69, 9.17) is 0 Å². The van der Waals surface area contributed by atoms with Crippen LogP contribution in [0.4, 0.5) is 10.1 Å². The molecule has 1 aliphatic rings. The minimum atomic E-state index is -0.614. The maximum atomic E-state index is 14.3. The second-order valence-corrected chi connectivity index (χ2v) is 7.55. The number of carbonyl (C=O) groups excluding carboxylic acids is 2. The maximum absolute atomic E-state index is 14.3. The van der Waals surface area contributed by atoms with Crippen LogP contribution in [0.5, 0.6) is 0 Å². The van der Waals surface area contributed by atoms with Crippen LogP contribution in [0, 0.1) is 5.82 Å². The largest absolute Gasteiger partial charge is 0.324 e. The number of nitrogens with zero attached hydrogens (tertiary/aromatic N) is 1. The molecule has 0 radical (unpaired) electrons. The topological polar surface area (TPSA) is 49.4 Å². The molecule has 1 unspecified atom stereocenters. The van der Waals surface area contributed by atoms with Gasteiger partial charge in [-0.3, -0.25) is 9.59 Å². The molecule has 1 heterocycles. The quantitative estimate of drug-likeness (QED) is 0.496. The van der Waals surface area contributed by atoms with Gasteiger partial charge in [0.25, 0.3) is 5.91 Å². The van der Waals surface area contributed by atoms with Gasteiger partial charge in [0.2, 0.25) is 5.91 Å². The van der Waals surface area contributed by atoms with Gasteiger partial charge in [0, 0.05) is 16.8 Å². The van der Waals surface area contributed by atoms with Crippen molar-refractivity contribution in [2.75, 3.05) is 11.9 Å². The van der Waals surface area contributed by atoms with E-state index in [0.29, 0.717) is 16.8 Å². The Labute approximate surface area is 178 Å². The summed E-state index contributed by atoms with van der Waals surface area (Å²) in [6, 6.07) is 26.2. The molecule has 31 heavy (non-hydrogen) atoms. The molecule has 5 rings (SSSR count). The molecule has 0 saturated heterocycles. The number of hydrogen-bond donors (Lipinski definition) is 1. The normalized spacial score (nSPS) is 15.8. The SMILES string of the molecule is O=C1CN(C(=O)c2cccc3ccccc23)C(c2ccccc2)c2cc(F)ccc2N1. The highest BCUT2D eigenvalue weighted by Crippen LogP contribution is 2.37. The molecular weight excluding hydrogens is 391 g/mol. The molecule has 0 aliphatic carbocycles. The van der Waals surface area contributed by atoms with Crippen LogP contribution in [0.15, 0.2) is 91.0 Å². The number of amides is 2. The molecule has 0 fully saturated rings. The third-order valence-corrected chi connectivity index (χ3v) is 5.60. The Morgan fingerprint density at radius 1 is 0.903 bits per heavy atom. The molecule has 4 aromatic rings. The number of halogens is 1. The van der Waals surface area contributed by atoms with Crippen molar-refractivity contribution in [3.63, 3.8) is 0 Å². The van der Waals surface area contributed by atoms with Gasteiger partial charge in [0.05, 0.1) is 6.04 Å². The lowest BCUT2D eigenvalue weighted by Gasteiger charge is -2.31. The molecule has 2 amide bonds. The number of carbonyl (C=O) groups is 2. The lowest BCUT2D eigenvalue weighted by molar-refractivity contribution is -0.117. The molecule has 152 valence electrons. The predicted molar refractivity (Wildman–Crippen MR) is 118 cm³/mol. The van der Waals surface area contributed by atoms with Crippen LogP contribution in [0.1, 0.15) is 27.5 Å². The van der Waals surface area contributed by atoms with Gasteiger partial charge in [-0.25, -0.2) is 4.39 Å². The van der Waals surface area contributed by atoms with Gasteiger partial charge in [-0.2, -0.15) is 0 Å². The van der Waals surface area contributed by atoms with E-state index in [1.807, 2.05) is 66.7 Å². The Bertz CT molecular complexity index is 1300. The fourth-order valence-electron chi connectivity index (χ4n) is 4.23. The molecule has 4 nitrogen and oxygen atoms in total. The monoisotopic (exact) mass is 410 g/mol. The first-order chi connectivity index (χ1) is 15.1. The summed E-state index contributed by atoms with van der Waals surface area (Å²) in [6.07, 6.45) is 0. The van der Waals surface area contributed by atoms with Crippen LogP contribution in [0.3, 0.4) is 0 Å². The zero-order chi connectivity index (χ0) is 21.4. The van der Waals surface area contributed by atoms with Gasteiger partial charge in [-0.1, -0.05) is 66.7 Å². The molecular formula is C26H19FN2O2. The van der Waals surface area contributed by atoms with Gasteiger partial charge in [-0.05, 0) is 40.6 Å². The second kappa shape index (κ2) is 7.69. The number of benzene rings is 4. The fraction of sp³-hybridized carbons (Fsp3) is 0.0769. The Morgan fingerprint density at radius 2 is 1.65 bits per heavy atom. The number of anilines is 1. The number of hydrogen-bond acceptors (Lipinski definition) is 2. The molecule has 4 aromatic carbocycles. The van der Waals surface area contributed by atoms with Crippen molar-refractivity contribution in [3.8, 4) is 0 Å². The van der Waals surface area contributed by atoms with Crippen molar-refractivity contribution in [1.82, 2.24) is 4.90 Å². The lowest BCUT2D eigenvalue weighted by Crippen LogP contribution is -2.39. The summed E-state index contributed by atoms with van der Waals surface area (Å²) in [7, 11) is 0. The van der Waals surface area contributed by atoms with Crippen LogP contribution in [0.25, 0.3) is 10.8 Å². The van der Waals surface area contributed by atoms with E-state index in [1.165, 1.54) is 17.0 Å². The highest BCUT2D eigenvalue weighted by molar-refractivity contribution is 6.09. The van der Waals surface area contributed by atoms with Crippen LogP contribution >= 0.6 is 0 Å². The first kappa shape index (κ1) is 19.0. The molecule has 0 aromatic heterocycles. The van der Waals surface area contributed by atoms with Crippen molar-refractivity contribution in [2.45, 2.75) is 6.04 Å². The van der Waals surface area contributed by atoms with Crippen molar-refractivity contribution in [1.29, 1.82) is 0 Å². The molecule has 1 aliphatic heterocycles. The minimum Gasteiger partial charge on any atom is -0.324 e. The van der Waals surface area contributed by atoms with Gasteiger partial charge in [0.1, 0.15) is 12.4 Å². The summed E-state index contributed by atoms with van der Waals surface area (Å²) in [6.45, 7) is -0.141. The van der Waals surface area contributed by atoms with E-state index in [1.54, 1.807) is 12.1 Å². The predicted octanol–water partition coefficient (Wildman–Crippen LogP) is 5.16. The van der Waals surface area contributed by atoms with Crippen LogP contribution in [-0.4, -0.2) is 23.3 Å². The van der Waals surface area contributed by atoms with Crippen molar-refractivity contribution >= 4 is 28.3 Å². The average molecular weight is 410 g/mol. The molecule has 1 atom stereocenters. The summed E-state index contributed by atoms with van der Waals surface area (Å²) in [5.41, 5.74) is 2.37. The lowest BCUT2D eigenvalue weighted by atomic mass is 9.94. The Kier molecular flexibility index (Phi) is 4.71. The highest BCUT2D eigenvalue weighted by Gasteiger charge is 2.34. The fourth-order valence-corrected chi connectivity index (χ4v) is 4.23. The molecule has 0 spiro atoms. The van der Waals surface area contributed by atoms with Gasteiger partial charge in [0.15, 0.2) is 0 Å². The van der Waals surface area contributed by atoms with Gasteiger partial charge in [-0.15, -0.1) is 0 Å².